The van der Waals surface area contributed by atoms with Crippen LogP contribution in [0.4, 0.5) is 0 Å². The highest BCUT2D eigenvalue weighted by molar-refractivity contribution is 7.80. The van der Waals surface area contributed by atoms with Gasteiger partial charge >= 0.3 is 0 Å². The van der Waals surface area contributed by atoms with E-state index in [2.05, 4.69) is 19.2 Å². The molecule has 4 heteroatoms. The van der Waals surface area contributed by atoms with Gasteiger partial charge in [-0.1, -0.05) is 51.2 Å². The Bertz CT molecular complexity index is 298. The highest BCUT2D eigenvalue weighted by atomic mass is 32.1. The predicted molar refractivity (Wildman–Crippen MR) is 79.4 cm³/mol. The quantitative estimate of drug-likeness (QED) is 0.552. The highest BCUT2D eigenvalue weighted by Crippen LogP contribution is 2.38. The van der Waals surface area contributed by atoms with Gasteiger partial charge in [-0.2, -0.15) is 0 Å². The van der Waals surface area contributed by atoms with E-state index in [4.69, 9.17) is 18.0 Å². The first-order valence-corrected chi connectivity index (χ1v) is 7.54. The maximum Gasteiger partial charge on any atom is 0.233 e. The summed E-state index contributed by atoms with van der Waals surface area (Å²) in [4.78, 5) is 12.7. The summed E-state index contributed by atoms with van der Waals surface area (Å²) in [5, 5.41) is 3.10. The topological polar surface area (TPSA) is 55.1 Å². The molecule has 0 saturated heterocycles. The largest absolute Gasteiger partial charge is 0.392 e. The molecule has 18 heavy (non-hydrogen) atoms. The van der Waals surface area contributed by atoms with Gasteiger partial charge < -0.3 is 11.1 Å². The standard InChI is InChI=1S/C14H26N2OS/c1-3-4-5-8-11(2)16-13(17)14(12(15)18)9-6-7-10-14/h11H,3-10H2,1-2H3,(H2,15,18)(H,16,17). The fourth-order valence-electron chi connectivity index (χ4n) is 2.70. The zero-order valence-corrected chi connectivity index (χ0v) is 12.4. The van der Waals surface area contributed by atoms with Crippen molar-refractivity contribution in [2.75, 3.05) is 0 Å². The number of hydrogen-bond donors (Lipinski definition) is 2. The Kier molecular flexibility index (Phi) is 6.06. The van der Waals surface area contributed by atoms with E-state index in [9.17, 15) is 4.79 Å². The molecule has 1 aliphatic carbocycles. The third-order valence-corrected chi connectivity index (χ3v) is 4.37. The van der Waals surface area contributed by atoms with Gasteiger partial charge in [0.05, 0.1) is 10.4 Å². The molecule has 104 valence electrons. The van der Waals surface area contributed by atoms with Crippen molar-refractivity contribution in [3.63, 3.8) is 0 Å². The van der Waals surface area contributed by atoms with Gasteiger partial charge in [0.1, 0.15) is 0 Å². The molecule has 1 atom stereocenters. The van der Waals surface area contributed by atoms with Crippen LogP contribution in [-0.2, 0) is 4.79 Å². The first-order valence-electron chi connectivity index (χ1n) is 7.14. The number of rotatable bonds is 7. The lowest BCUT2D eigenvalue weighted by molar-refractivity contribution is -0.128. The lowest BCUT2D eigenvalue weighted by Gasteiger charge is -2.28. The summed E-state index contributed by atoms with van der Waals surface area (Å²) in [6.45, 7) is 4.25. The Hall–Kier alpha value is -0.640. The van der Waals surface area contributed by atoms with Crippen molar-refractivity contribution < 1.29 is 4.79 Å². The van der Waals surface area contributed by atoms with Crippen molar-refractivity contribution in [2.45, 2.75) is 71.3 Å². The zero-order valence-electron chi connectivity index (χ0n) is 11.6. The molecule has 0 bridgehead atoms. The van der Waals surface area contributed by atoms with Gasteiger partial charge in [-0.15, -0.1) is 0 Å². The van der Waals surface area contributed by atoms with E-state index >= 15 is 0 Å². The molecule has 1 rings (SSSR count). The molecular weight excluding hydrogens is 244 g/mol. The molecule has 1 saturated carbocycles. The third-order valence-electron chi connectivity index (χ3n) is 3.98. The van der Waals surface area contributed by atoms with Crippen molar-refractivity contribution in [2.24, 2.45) is 11.1 Å². The van der Waals surface area contributed by atoms with Gasteiger partial charge in [-0.3, -0.25) is 4.79 Å². The number of thiocarbonyl (C=S) groups is 1. The van der Waals surface area contributed by atoms with Crippen LogP contribution < -0.4 is 11.1 Å². The number of carbonyl (C=O) groups is 1. The first-order chi connectivity index (χ1) is 8.53. The summed E-state index contributed by atoms with van der Waals surface area (Å²) in [5.41, 5.74) is 5.24. The van der Waals surface area contributed by atoms with Gasteiger partial charge in [0.15, 0.2) is 0 Å². The second-order valence-corrected chi connectivity index (χ2v) is 5.96. The molecule has 0 aromatic heterocycles. The number of amides is 1. The fourth-order valence-corrected chi connectivity index (χ4v) is 3.00. The van der Waals surface area contributed by atoms with Crippen LogP contribution >= 0.6 is 12.2 Å². The Labute approximate surface area is 116 Å². The molecule has 0 aromatic carbocycles. The maximum absolute atomic E-state index is 12.4. The van der Waals surface area contributed by atoms with Crippen LogP contribution in [-0.4, -0.2) is 16.9 Å². The van der Waals surface area contributed by atoms with Crippen LogP contribution in [0.5, 0.6) is 0 Å². The summed E-state index contributed by atoms with van der Waals surface area (Å²) in [7, 11) is 0. The number of nitrogens with one attached hydrogen (secondary N) is 1. The molecule has 1 fully saturated rings. The van der Waals surface area contributed by atoms with Crippen molar-refractivity contribution in [3.05, 3.63) is 0 Å². The number of carbonyl (C=O) groups excluding carboxylic acids is 1. The van der Waals surface area contributed by atoms with E-state index in [1.807, 2.05) is 0 Å². The van der Waals surface area contributed by atoms with Gasteiger partial charge in [0.2, 0.25) is 5.91 Å². The molecule has 0 radical (unpaired) electrons. The summed E-state index contributed by atoms with van der Waals surface area (Å²) in [5.74, 6) is 0.0523. The maximum atomic E-state index is 12.4. The number of unbranched alkanes of at least 4 members (excludes halogenated alkanes) is 2. The van der Waals surface area contributed by atoms with E-state index in [-0.39, 0.29) is 11.9 Å². The minimum Gasteiger partial charge on any atom is -0.392 e. The van der Waals surface area contributed by atoms with E-state index < -0.39 is 5.41 Å². The lowest BCUT2D eigenvalue weighted by atomic mass is 9.84. The Morgan fingerprint density at radius 1 is 1.39 bits per heavy atom. The molecule has 1 unspecified atom stereocenters. The molecule has 1 aliphatic rings. The van der Waals surface area contributed by atoms with Crippen LogP contribution in [0.2, 0.25) is 0 Å². The second-order valence-electron chi connectivity index (χ2n) is 5.52. The molecule has 0 heterocycles. The SMILES string of the molecule is CCCCCC(C)NC(=O)C1(C(N)=S)CCCC1. The first kappa shape index (κ1) is 15.4. The predicted octanol–water partition coefficient (Wildman–Crippen LogP) is 2.92. The Balaban J connectivity index is 2.50. The van der Waals surface area contributed by atoms with Crippen molar-refractivity contribution in [1.82, 2.24) is 5.32 Å². The van der Waals surface area contributed by atoms with Crippen molar-refractivity contribution in [1.29, 1.82) is 0 Å². The number of hydrogen-bond acceptors (Lipinski definition) is 2. The summed E-state index contributed by atoms with van der Waals surface area (Å²) in [6.07, 6.45) is 8.36. The summed E-state index contributed by atoms with van der Waals surface area (Å²) in [6, 6.07) is 0.218. The third kappa shape index (κ3) is 3.67. The van der Waals surface area contributed by atoms with E-state index in [0.717, 1.165) is 38.5 Å². The average molecular weight is 270 g/mol. The van der Waals surface area contributed by atoms with Gasteiger partial charge in [0.25, 0.3) is 0 Å². The second kappa shape index (κ2) is 7.07. The molecule has 0 aromatic rings. The monoisotopic (exact) mass is 270 g/mol. The van der Waals surface area contributed by atoms with E-state index in [1.54, 1.807) is 0 Å². The summed E-state index contributed by atoms with van der Waals surface area (Å²) < 4.78 is 0. The Morgan fingerprint density at radius 2 is 2.00 bits per heavy atom. The normalized spacial score (nSPS) is 19.4. The van der Waals surface area contributed by atoms with Crippen LogP contribution in [0.1, 0.15) is 65.2 Å². The van der Waals surface area contributed by atoms with Crippen LogP contribution in [0.15, 0.2) is 0 Å². The molecule has 3 nitrogen and oxygen atoms in total. The molecule has 0 aliphatic heterocycles. The van der Waals surface area contributed by atoms with Gasteiger partial charge in [-0.05, 0) is 26.2 Å². The Morgan fingerprint density at radius 3 is 2.50 bits per heavy atom. The van der Waals surface area contributed by atoms with Gasteiger partial charge in [0, 0.05) is 6.04 Å². The molecular formula is C14H26N2OS. The van der Waals surface area contributed by atoms with E-state index in [1.165, 1.54) is 12.8 Å². The lowest BCUT2D eigenvalue weighted by Crippen LogP contribution is -2.49. The van der Waals surface area contributed by atoms with Gasteiger partial charge in [-0.25, -0.2) is 0 Å². The molecule has 3 N–H and O–H groups in total. The highest BCUT2D eigenvalue weighted by Gasteiger charge is 2.44. The van der Waals surface area contributed by atoms with Crippen LogP contribution in [0, 0.1) is 5.41 Å². The smallest absolute Gasteiger partial charge is 0.233 e. The minimum absolute atomic E-state index is 0.0523. The van der Waals surface area contributed by atoms with Crippen LogP contribution in [0.3, 0.4) is 0 Å². The van der Waals surface area contributed by atoms with E-state index in [0.29, 0.717) is 4.99 Å². The fraction of sp³-hybridized carbons (Fsp3) is 0.857. The average Bonchev–Trinajstić information content (AvgIpc) is 2.79. The molecule has 1 amide bonds. The molecule has 0 spiro atoms. The van der Waals surface area contributed by atoms with Crippen LogP contribution in [0.25, 0.3) is 0 Å². The summed E-state index contributed by atoms with van der Waals surface area (Å²) >= 11 is 5.12. The van der Waals surface area contributed by atoms with Crippen molar-refractivity contribution in [3.8, 4) is 0 Å². The zero-order chi connectivity index (χ0) is 13.6. The number of nitrogens with two attached hydrogens (primary N) is 1. The minimum atomic E-state index is -0.561. The van der Waals surface area contributed by atoms with Crippen molar-refractivity contribution >= 4 is 23.1 Å².